The van der Waals surface area contributed by atoms with E-state index in [0.717, 1.165) is 19.8 Å². The van der Waals surface area contributed by atoms with Gasteiger partial charge in [0, 0.05) is 6.54 Å². The Morgan fingerprint density at radius 2 is 2.06 bits per heavy atom. The number of ether oxygens (including phenoxy) is 2. The van der Waals surface area contributed by atoms with Crippen LogP contribution in [-0.4, -0.2) is 37.5 Å². The van der Waals surface area contributed by atoms with E-state index in [1.54, 1.807) is 0 Å². The van der Waals surface area contributed by atoms with Gasteiger partial charge >= 0.3 is 0 Å². The predicted molar refractivity (Wildman–Crippen MR) is 64.6 cm³/mol. The van der Waals surface area contributed by atoms with Crippen molar-refractivity contribution >= 4 is 0 Å². The van der Waals surface area contributed by atoms with E-state index >= 15 is 0 Å². The highest BCUT2D eigenvalue weighted by molar-refractivity contribution is 4.97. The lowest BCUT2D eigenvalue weighted by Crippen LogP contribution is -2.60. The summed E-state index contributed by atoms with van der Waals surface area (Å²) in [4.78, 5) is 0. The van der Waals surface area contributed by atoms with Gasteiger partial charge in [-0.2, -0.15) is 0 Å². The van der Waals surface area contributed by atoms with Crippen LogP contribution in [0.3, 0.4) is 0 Å². The molecule has 0 bridgehead atoms. The van der Waals surface area contributed by atoms with Gasteiger partial charge in [-0.3, -0.25) is 0 Å². The van der Waals surface area contributed by atoms with Crippen molar-refractivity contribution in [3.63, 3.8) is 0 Å². The van der Waals surface area contributed by atoms with E-state index in [-0.39, 0.29) is 5.60 Å². The molecule has 3 heteroatoms. The molecule has 1 atom stereocenters. The summed E-state index contributed by atoms with van der Waals surface area (Å²) in [6.07, 6.45) is 6.69. The van der Waals surface area contributed by atoms with Crippen LogP contribution in [0.1, 0.15) is 46.0 Å². The third-order valence-electron chi connectivity index (χ3n) is 3.81. The minimum atomic E-state index is 0.0748. The topological polar surface area (TPSA) is 30.5 Å². The van der Waals surface area contributed by atoms with Gasteiger partial charge in [0.25, 0.3) is 0 Å². The van der Waals surface area contributed by atoms with Gasteiger partial charge in [0.05, 0.1) is 31.0 Å². The molecule has 2 rings (SSSR count). The molecule has 2 aliphatic rings. The Labute approximate surface area is 98.9 Å². The molecule has 3 nitrogen and oxygen atoms in total. The molecular formula is C13H25NO2. The van der Waals surface area contributed by atoms with E-state index in [0.29, 0.717) is 12.1 Å². The van der Waals surface area contributed by atoms with Crippen molar-refractivity contribution in [3.05, 3.63) is 0 Å². The molecule has 1 unspecified atom stereocenters. The van der Waals surface area contributed by atoms with Crippen LogP contribution in [0, 0.1) is 0 Å². The molecule has 94 valence electrons. The Balaban J connectivity index is 1.95. The largest absolute Gasteiger partial charge is 0.377 e. The monoisotopic (exact) mass is 227 g/mol. The van der Waals surface area contributed by atoms with Gasteiger partial charge < -0.3 is 14.8 Å². The Hall–Kier alpha value is -0.120. The van der Waals surface area contributed by atoms with E-state index in [2.05, 4.69) is 19.2 Å². The average molecular weight is 227 g/mol. The second-order valence-corrected chi connectivity index (χ2v) is 5.36. The normalized spacial score (nSPS) is 29.8. The third kappa shape index (κ3) is 2.76. The number of rotatable bonds is 3. The molecule has 16 heavy (non-hydrogen) atoms. The Bertz CT molecular complexity index is 204. The van der Waals surface area contributed by atoms with Crippen LogP contribution in [-0.2, 0) is 9.47 Å². The fraction of sp³-hybridized carbons (Fsp3) is 1.00. The fourth-order valence-corrected chi connectivity index (χ4v) is 2.92. The zero-order valence-electron chi connectivity index (χ0n) is 10.6. The molecule has 2 fully saturated rings. The highest BCUT2D eigenvalue weighted by Crippen LogP contribution is 2.36. The third-order valence-corrected chi connectivity index (χ3v) is 3.81. The quantitative estimate of drug-likeness (QED) is 0.801. The maximum atomic E-state index is 6.11. The molecule has 0 aromatic carbocycles. The molecule has 1 spiro atoms. The molecule has 1 aliphatic carbocycles. The lowest BCUT2D eigenvalue weighted by molar-refractivity contribution is -0.135. The SMILES string of the molecule is CC(C)OCC1NCCOC12CCCCC2. The predicted octanol–water partition coefficient (Wildman–Crippen LogP) is 2.10. The van der Waals surface area contributed by atoms with Crippen molar-refractivity contribution in [1.29, 1.82) is 0 Å². The van der Waals surface area contributed by atoms with Crippen LogP contribution in [0.4, 0.5) is 0 Å². The first-order valence-electron chi connectivity index (χ1n) is 6.72. The number of nitrogens with one attached hydrogen (secondary N) is 1. The molecule has 1 saturated carbocycles. The Morgan fingerprint density at radius 3 is 2.75 bits per heavy atom. The van der Waals surface area contributed by atoms with E-state index in [1.807, 2.05) is 0 Å². The molecule has 0 aromatic heterocycles. The van der Waals surface area contributed by atoms with Gasteiger partial charge in [0.15, 0.2) is 0 Å². The number of hydrogen-bond donors (Lipinski definition) is 1. The lowest BCUT2D eigenvalue weighted by atomic mass is 9.78. The van der Waals surface area contributed by atoms with Crippen molar-refractivity contribution in [2.75, 3.05) is 19.8 Å². The maximum Gasteiger partial charge on any atom is 0.0857 e. The minimum Gasteiger partial charge on any atom is -0.377 e. The van der Waals surface area contributed by atoms with Crippen LogP contribution < -0.4 is 5.32 Å². The highest BCUT2D eigenvalue weighted by Gasteiger charge is 2.42. The zero-order chi connectivity index (χ0) is 11.4. The maximum absolute atomic E-state index is 6.11. The van der Waals surface area contributed by atoms with E-state index in [1.165, 1.54) is 32.1 Å². The first kappa shape index (κ1) is 12.3. The minimum absolute atomic E-state index is 0.0748. The van der Waals surface area contributed by atoms with Crippen LogP contribution in [0.5, 0.6) is 0 Å². The van der Waals surface area contributed by atoms with Gasteiger partial charge in [-0.15, -0.1) is 0 Å². The number of morpholine rings is 1. The molecular weight excluding hydrogens is 202 g/mol. The van der Waals surface area contributed by atoms with Crippen LogP contribution in [0.15, 0.2) is 0 Å². The summed E-state index contributed by atoms with van der Waals surface area (Å²) in [6, 6.07) is 0.393. The fourth-order valence-electron chi connectivity index (χ4n) is 2.92. The average Bonchev–Trinajstić information content (AvgIpc) is 2.29. The van der Waals surface area contributed by atoms with Crippen molar-refractivity contribution in [2.24, 2.45) is 0 Å². The van der Waals surface area contributed by atoms with Gasteiger partial charge in [-0.1, -0.05) is 19.3 Å². The second kappa shape index (κ2) is 5.48. The molecule has 1 heterocycles. The van der Waals surface area contributed by atoms with Crippen LogP contribution >= 0.6 is 0 Å². The van der Waals surface area contributed by atoms with Crippen molar-refractivity contribution in [2.45, 2.75) is 63.7 Å². The van der Waals surface area contributed by atoms with E-state index in [4.69, 9.17) is 9.47 Å². The van der Waals surface area contributed by atoms with Crippen molar-refractivity contribution < 1.29 is 9.47 Å². The molecule has 1 saturated heterocycles. The van der Waals surface area contributed by atoms with Gasteiger partial charge in [-0.05, 0) is 26.7 Å². The zero-order valence-corrected chi connectivity index (χ0v) is 10.6. The summed E-state index contributed by atoms with van der Waals surface area (Å²) in [5, 5.41) is 3.58. The number of hydrogen-bond acceptors (Lipinski definition) is 3. The molecule has 1 N–H and O–H groups in total. The summed E-state index contributed by atoms with van der Waals surface area (Å²) < 4.78 is 11.9. The molecule has 0 amide bonds. The van der Waals surface area contributed by atoms with Gasteiger partial charge in [0.1, 0.15) is 0 Å². The van der Waals surface area contributed by atoms with Crippen LogP contribution in [0.2, 0.25) is 0 Å². The summed E-state index contributed by atoms with van der Waals surface area (Å²) in [5.41, 5.74) is 0.0748. The standard InChI is InChI=1S/C13H25NO2/c1-11(2)15-10-12-13(16-9-8-14-12)6-4-3-5-7-13/h11-12,14H,3-10H2,1-2H3. The first-order valence-corrected chi connectivity index (χ1v) is 6.72. The van der Waals surface area contributed by atoms with E-state index in [9.17, 15) is 0 Å². The highest BCUT2D eigenvalue weighted by atomic mass is 16.5. The smallest absolute Gasteiger partial charge is 0.0857 e. The van der Waals surface area contributed by atoms with Crippen LogP contribution in [0.25, 0.3) is 0 Å². The Kier molecular flexibility index (Phi) is 4.22. The summed E-state index contributed by atoms with van der Waals surface area (Å²) in [7, 11) is 0. The molecule has 0 radical (unpaired) electrons. The summed E-state index contributed by atoms with van der Waals surface area (Å²) in [5.74, 6) is 0. The lowest BCUT2D eigenvalue weighted by Gasteiger charge is -2.47. The summed E-state index contributed by atoms with van der Waals surface area (Å²) in [6.45, 7) is 6.80. The Morgan fingerprint density at radius 1 is 1.31 bits per heavy atom. The van der Waals surface area contributed by atoms with Gasteiger partial charge in [-0.25, -0.2) is 0 Å². The summed E-state index contributed by atoms with van der Waals surface area (Å²) >= 11 is 0. The molecule has 1 aliphatic heterocycles. The second-order valence-electron chi connectivity index (χ2n) is 5.36. The van der Waals surface area contributed by atoms with Crippen molar-refractivity contribution in [3.8, 4) is 0 Å². The van der Waals surface area contributed by atoms with E-state index < -0.39 is 0 Å². The van der Waals surface area contributed by atoms with Gasteiger partial charge in [0.2, 0.25) is 0 Å². The molecule has 0 aromatic rings. The first-order chi connectivity index (χ1) is 7.73. The van der Waals surface area contributed by atoms with Crippen molar-refractivity contribution in [1.82, 2.24) is 5.32 Å².